The standard InChI is InChI=1S/C9H19N3O3S/c10-11-9(13)5-2-1-3-6-12-7-4-8-16(12,14)15/h1-8,10H2,(H,11,13). The smallest absolute Gasteiger partial charge is 0.233 e. The Hall–Kier alpha value is -0.660. The van der Waals surface area contributed by atoms with E-state index in [4.69, 9.17) is 5.84 Å². The van der Waals surface area contributed by atoms with Crippen LogP contribution in [-0.4, -0.2) is 37.5 Å². The molecule has 1 saturated heterocycles. The number of carbonyl (C=O) groups is 1. The van der Waals surface area contributed by atoms with E-state index in [0.29, 0.717) is 19.5 Å². The van der Waals surface area contributed by atoms with Crippen LogP contribution in [0.3, 0.4) is 0 Å². The number of nitrogens with two attached hydrogens (primary N) is 1. The fraction of sp³-hybridized carbons (Fsp3) is 0.889. The molecule has 0 aromatic carbocycles. The number of amides is 1. The molecule has 0 radical (unpaired) electrons. The molecule has 1 heterocycles. The predicted octanol–water partition coefficient (Wildman–Crippen LogP) is -0.428. The number of hydrogen-bond acceptors (Lipinski definition) is 4. The molecule has 1 fully saturated rings. The van der Waals surface area contributed by atoms with Crippen molar-refractivity contribution in [2.24, 2.45) is 5.84 Å². The van der Waals surface area contributed by atoms with Gasteiger partial charge in [0.05, 0.1) is 5.75 Å². The maximum Gasteiger partial charge on any atom is 0.233 e. The van der Waals surface area contributed by atoms with E-state index in [1.165, 1.54) is 4.31 Å². The van der Waals surface area contributed by atoms with E-state index >= 15 is 0 Å². The van der Waals surface area contributed by atoms with Gasteiger partial charge in [0, 0.05) is 19.5 Å². The number of hydrogen-bond donors (Lipinski definition) is 2. The molecule has 1 aliphatic heterocycles. The van der Waals surface area contributed by atoms with Crippen molar-refractivity contribution in [1.82, 2.24) is 9.73 Å². The van der Waals surface area contributed by atoms with Crippen LogP contribution in [0.5, 0.6) is 0 Å². The van der Waals surface area contributed by atoms with Gasteiger partial charge in [-0.3, -0.25) is 10.2 Å². The third-order valence-corrected chi connectivity index (χ3v) is 4.63. The molecule has 1 rings (SSSR count). The summed E-state index contributed by atoms with van der Waals surface area (Å²) < 4.78 is 24.4. The first-order valence-electron chi connectivity index (χ1n) is 5.53. The highest BCUT2D eigenvalue weighted by molar-refractivity contribution is 7.89. The van der Waals surface area contributed by atoms with Crippen molar-refractivity contribution >= 4 is 15.9 Å². The zero-order valence-corrected chi connectivity index (χ0v) is 10.1. The Kier molecular flexibility index (Phi) is 5.17. The quantitative estimate of drug-likeness (QED) is 0.289. The van der Waals surface area contributed by atoms with Crippen LogP contribution >= 0.6 is 0 Å². The summed E-state index contributed by atoms with van der Waals surface area (Å²) in [5, 5.41) is 0. The number of rotatable bonds is 6. The molecule has 0 unspecified atom stereocenters. The summed E-state index contributed by atoms with van der Waals surface area (Å²) in [6.07, 6.45) is 3.54. The fourth-order valence-corrected chi connectivity index (χ4v) is 3.33. The lowest BCUT2D eigenvalue weighted by molar-refractivity contribution is -0.121. The summed E-state index contributed by atoms with van der Waals surface area (Å²) in [6, 6.07) is 0. The molecule has 6 nitrogen and oxygen atoms in total. The van der Waals surface area contributed by atoms with Gasteiger partial charge in [0.25, 0.3) is 0 Å². The average Bonchev–Trinajstić information content (AvgIpc) is 2.57. The van der Waals surface area contributed by atoms with E-state index in [0.717, 1.165) is 25.7 Å². The molecule has 3 N–H and O–H groups in total. The van der Waals surface area contributed by atoms with Crippen molar-refractivity contribution in [3.8, 4) is 0 Å². The van der Waals surface area contributed by atoms with Crippen LogP contribution < -0.4 is 11.3 Å². The monoisotopic (exact) mass is 249 g/mol. The molecule has 0 aromatic heterocycles. The minimum Gasteiger partial charge on any atom is -0.294 e. The summed E-state index contributed by atoms with van der Waals surface area (Å²) in [5.74, 6) is 5.04. The van der Waals surface area contributed by atoms with Gasteiger partial charge in [0.2, 0.25) is 15.9 Å². The zero-order valence-electron chi connectivity index (χ0n) is 9.31. The molecule has 0 saturated carbocycles. The van der Waals surface area contributed by atoms with Gasteiger partial charge in [0.1, 0.15) is 0 Å². The Morgan fingerprint density at radius 2 is 2.06 bits per heavy atom. The lowest BCUT2D eigenvalue weighted by Gasteiger charge is -2.13. The molecule has 1 amide bonds. The van der Waals surface area contributed by atoms with E-state index in [1.807, 2.05) is 0 Å². The number of nitrogens with one attached hydrogen (secondary N) is 1. The van der Waals surface area contributed by atoms with Gasteiger partial charge in [-0.25, -0.2) is 18.6 Å². The molecular weight excluding hydrogens is 230 g/mol. The SMILES string of the molecule is NNC(=O)CCCCCN1CCCS1(=O)=O. The topological polar surface area (TPSA) is 92.5 Å². The van der Waals surface area contributed by atoms with E-state index in [2.05, 4.69) is 5.43 Å². The van der Waals surface area contributed by atoms with Crippen LogP contribution in [0.25, 0.3) is 0 Å². The summed E-state index contributed by atoms with van der Waals surface area (Å²) >= 11 is 0. The minimum atomic E-state index is -2.96. The van der Waals surface area contributed by atoms with Crippen LogP contribution in [0.2, 0.25) is 0 Å². The average molecular weight is 249 g/mol. The van der Waals surface area contributed by atoms with Crippen molar-refractivity contribution < 1.29 is 13.2 Å². The molecule has 16 heavy (non-hydrogen) atoms. The first-order chi connectivity index (χ1) is 7.56. The largest absolute Gasteiger partial charge is 0.294 e. The summed E-state index contributed by atoms with van der Waals surface area (Å²) in [5.41, 5.74) is 2.06. The molecule has 0 bridgehead atoms. The van der Waals surface area contributed by atoms with Gasteiger partial charge in [-0.05, 0) is 19.3 Å². The van der Waals surface area contributed by atoms with Gasteiger partial charge in [-0.2, -0.15) is 0 Å². The Labute approximate surface area is 96.2 Å². The van der Waals surface area contributed by atoms with E-state index in [9.17, 15) is 13.2 Å². The summed E-state index contributed by atoms with van der Waals surface area (Å²) in [4.78, 5) is 10.8. The van der Waals surface area contributed by atoms with Crippen LogP contribution in [0.4, 0.5) is 0 Å². The minimum absolute atomic E-state index is 0.172. The molecule has 7 heteroatoms. The van der Waals surface area contributed by atoms with Gasteiger partial charge in [-0.15, -0.1) is 0 Å². The maximum atomic E-state index is 11.4. The van der Waals surface area contributed by atoms with Crippen molar-refractivity contribution in [3.63, 3.8) is 0 Å². The number of carbonyl (C=O) groups excluding carboxylic acids is 1. The van der Waals surface area contributed by atoms with Crippen LogP contribution in [0.1, 0.15) is 32.1 Å². The number of nitrogens with zero attached hydrogens (tertiary/aromatic N) is 1. The second-order valence-corrected chi connectivity index (χ2v) is 6.04. The van der Waals surface area contributed by atoms with Crippen LogP contribution in [0, 0.1) is 0 Å². The third kappa shape index (κ3) is 4.07. The Balaban J connectivity index is 2.10. The number of hydrazine groups is 1. The third-order valence-electron chi connectivity index (χ3n) is 2.68. The lowest BCUT2D eigenvalue weighted by atomic mass is 10.2. The zero-order chi connectivity index (χ0) is 12.0. The van der Waals surface area contributed by atoms with Crippen molar-refractivity contribution in [2.45, 2.75) is 32.1 Å². The van der Waals surface area contributed by atoms with E-state index in [-0.39, 0.29) is 11.7 Å². The first-order valence-corrected chi connectivity index (χ1v) is 7.14. The Bertz CT molecular complexity index is 329. The van der Waals surface area contributed by atoms with Gasteiger partial charge in [-0.1, -0.05) is 6.42 Å². The number of unbranched alkanes of at least 4 members (excludes halogenated alkanes) is 2. The maximum absolute atomic E-state index is 11.4. The van der Waals surface area contributed by atoms with Crippen molar-refractivity contribution in [1.29, 1.82) is 0 Å². The lowest BCUT2D eigenvalue weighted by Crippen LogP contribution is -2.29. The fourth-order valence-electron chi connectivity index (χ4n) is 1.77. The molecule has 94 valence electrons. The highest BCUT2D eigenvalue weighted by Gasteiger charge is 2.27. The van der Waals surface area contributed by atoms with E-state index < -0.39 is 10.0 Å². The van der Waals surface area contributed by atoms with Crippen LogP contribution in [-0.2, 0) is 14.8 Å². The Morgan fingerprint density at radius 3 is 2.62 bits per heavy atom. The highest BCUT2D eigenvalue weighted by Crippen LogP contribution is 2.14. The Morgan fingerprint density at radius 1 is 1.31 bits per heavy atom. The molecule has 0 spiro atoms. The molecule has 0 aromatic rings. The second-order valence-electron chi connectivity index (χ2n) is 3.95. The van der Waals surface area contributed by atoms with Gasteiger partial charge >= 0.3 is 0 Å². The normalized spacial score (nSPS) is 19.8. The van der Waals surface area contributed by atoms with Crippen molar-refractivity contribution in [2.75, 3.05) is 18.8 Å². The summed E-state index contributed by atoms with van der Waals surface area (Å²) in [6.45, 7) is 1.22. The van der Waals surface area contributed by atoms with Crippen LogP contribution in [0.15, 0.2) is 0 Å². The second kappa shape index (κ2) is 6.17. The molecule has 1 aliphatic rings. The first kappa shape index (κ1) is 13.4. The van der Waals surface area contributed by atoms with Crippen molar-refractivity contribution in [3.05, 3.63) is 0 Å². The molecule has 0 atom stereocenters. The van der Waals surface area contributed by atoms with Gasteiger partial charge < -0.3 is 0 Å². The van der Waals surface area contributed by atoms with E-state index in [1.54, 1.807) is 0 Å². The number of sulfonamides is 1. The predicted molar refractivity (Wildman–Crippen MR) is 60.8 cm³/mol. The highest BCUT2D eigenvalue weighted by atomic mass is 32.2. The summed E-state index contributed by atoms with van der Waals surface area (Å²) in [7, 11) is -2.96. The molecule has 0 aliphatic carbocycles. The molecular formula is C9H19N3O3S. The van der Waals surface area contributed by atoms with Gasteiger partial charge in [0.15, 0.2) is 0 Å².